The van der Waals surface area contributed by atoms with Gasteiger partial charge in [0.1, 0.15) is 5.75 Å². The van der Waals surface area contributed by atoms with Crippen LogP contribution in [0.5, 0.6) is 5.75 Å². The normalized spacial score (nSPS) is 9.94. The lowest BCUT2D eigenvalue weighted by atomic mass is 10.2. The molecule has 86 valence electrons. The minimum atomic E-state index is -0.388. The van der Waals surface area contributed by atoms with E-state index in [-0.39, 0.29) is 5.97 Å². The number of rotatable bonds is 3. The van der Waals surface area contributed by atoms with Crippen molar-refractivity contribution in [1.29, 1.82) is 0 Å². The van der Waals surface area contributed by atoms with Crippen LogP contribution in [0.4, 0.5) is 0 Å². The first-order valence-corrected chi connectivity index (χ1v) is 6.07. The second-order valence-corrected chi connectivity index (χ2v) is 4.57. The van der Waals surface area contributed by atoms with Crippen molar-refractivity contribution in [3.05, 3.63) is 53.9 Å². The summed E-state index contributed by atoms with van der Waals surface area (Å²) in [6, 6.07) is 11.7. The summed E-state index contributed by atoms with van der Waals surface area (Å²) in [6.45, 7) is 5.20. The molecule has 0 saturated heterocycles. The zero-order chi connectivity index (χ0) is 12.3. The smallest absolute Gasteiger partial charge is 0.338 e. The van der Waals surface area contributed by atoms with Gasteiger partial charge in [0.05, 0.1) is 4.88 Å². The molecule has 0 fully saturated rings. The molecule has 0 aliphatic heterocycles. The largest absolute Gasteiger partial charge is 0.422 e. The molecule has 2 aromatic rings. The van der Waals surface area contributed by atoms with Gasteiger partial charge in [-0.2, -0.15) is 0 Å². The van der Waals surface area contributed by atoms with Crippen LogP contribution < -0.4 is 4.74 Å². The van der Waals surface area contributed by atoms with E-state index in [9.17, 15) is 4.79 Å². The molecule has 1 heterocycles. The molecule has 0 N–H and O–H groups in total. The SMILES string of the molecule is C=C(C)C(=O)Oc1ccsc1-c1ccccc1. The number of carbonyl (C=O) groups excluding carboxylic acids is 1. The number of hydrogen-bond acceptors (Lipinski definition) is 3. The third-order valence-electron chi connectivity index (χ3n) is 2.22. The van der Waals surface area contributed by atoms with Crippen LogP contribution in [0.15, 0.2) is 53.9 Å². The molecular formula is C14H12O2S. The van der Waals surface area contributed by atoms with E-state index < -0.39 is 0 Å². The molecule has 0 radical (unpaired) electrons. The summed E-state index contributed by atoms with van der Waals surface area (Å²) in [5.74, 6) is 0.204. The molecule has 2 rings (SSSR count). The van der Waals surface area contributed by atoms with Crippen molar-refractivity contribution in [2.75, 3.05) is 0 Å². The zero-order valence-corrected chi connectivity index (χ0v) is 10.3. The van der Waals surface area contributed by atoms with Crippen molar-refractivity contribution >= 4 is 17.3 Å². The first-order chi connectivity index (χ1) is 8.18. The Hall–Kier alpha value is -1.87. The average molecular weight is 244 g/mol. The Morgan fingerprint density at radius 3 is 2.59 bits per heavy atom. The Balaban J connectivity index is 2.30. The molecule has 0 bridgehead atoms. The van der Waals surface area contributed by atoms with Crippen LogP contribution in [0.1, 0.15) is 6.92 Å². The summed E-state index contributed by atoms with van der Waals surface area (Å²) < 4.78 is 5.27. The molecule has 2 nitrogen and oxygen atoms in total. The number of hydrogen-bond donors (Lipinski definition) is 0. The highest BCUT2D eigenvalue weighted by Crippen LogP contribution is 2.35. The van der Waals surface area contributed by atoms with Gasteiger partial charge in [0.15, 0.2) is 0 Å². The number of carbonyl (C=O) groups is 1. The maximum absolute atomic E-state index is 11.5. The van der Waals surface area contributed by atoms with E-state index >= 15 is 0 Å². The van der Waals surface area contributed by atoms with Gasteiger partial charge in [0.25, 0.3) is 0 Å². The third-order valence-corrected chi connectivity index (χ3v) is 3.16. The van der Waals surface area contributed by atoms with E-state index in [1.165, 1.54) is 0 Å². The number of ether oxygens (including phenoxy) is 1. The second-order valence-electron chi connectivity index (χ2n) is 3.65. The Bertz CT molecular complexity index is 540. The van der Waals surface area contributed by atoms with Crippen LogP contribution in [0.2, 0.25) is 0 Å². The molecule has 17 heavy (non-hydrogen) atoms. The van der Waals surface area contributed by atoms with Gasteiger partial charge < -0.3 is 4.74 Å². The van der Waals surface area contributed by atoms with Crippen molar-refractivity contribution in [2.24, 2.45) is 0 Å². The maximum Gasteiger partial charge on any atom is 0.338 e. The summed E-state index contributed by atoms with van der Waals surface area (Å²) in [7, 11) is 0. The number of thiophene rings is 1. The zero-order valence-electron chi connectivity index (χ0n) is 9.47. The van der Waals surface area contributed by atoms with Crippen LogP contribution in [-0.2, 0) is 4.79 Å². The van der Waals surface area contributed by atoms with E-state index in [1.807, 2.05) is 35.7 Å². The summed E-state index contributed by atoms with van der Waals surface area (Å²) in [5, 5.41) is 1.91. The Labute approximate surface area is 104 Å². The molecular weight excluding hydrogens is 232 g/mol. The number of esters is 1. The Kier molecular flexibility index (Phi) is 3.40. The molecule has 0 amide bonds. The third kappa shape index (κ3) is 2.63. The summed E-state index contributed by atoms with van der Waals surface area (Å²) in [4.78, 5) is 12.4. The molecule has 0 unspecified atom stereocenters. The predicted molar refractivity (Wildman–Crippen MR) is 70.2 cm³/mol. The van der Waals surface area contributed by atoms with Gasteiger partial charge in [-0.1, -0.05) is 36.9 Å². The Morgan fingerprint density at radius 1 is 1.24 bits per heavy atom. The summed E-state index contributed by atoms with van der Waals surface area (Å²) >= 11 is 1.55. The second kappa shape index (κ2) is 4.97. The van der Waals surface area contributed by atoms with Crippen LogP contribution in [0.3, 0.4) is 0 Å². The number of benzene rings is 1. The fraction of sp³-hybridized carbons (Fsp3) is 0.0714. The van der Waals surface area contributed by atoms with Crippen molar-refractivity contribution in [3.63, 3.8) is 0 Å². The lowest BCUT2D eigenvalue weighted by molar-refractivity contribution is -0.130. The minimum Gasteiger partial charge on any atom is -0.422 e. The minimum absolute atomic E-state index is 0.388. The van der Waals surface area contributed by atoms with Crippen LogP contribution >= 0.6 is 11.3 Å². The van der Waals surface area contributed by atoms with E-state index in [0.717, 1.165) is 10.4 Å². The first kappa shape index (κ1) is 11.6. The molecule has 0 aliphatic rings. The monoisotopic (exact) mass is 244 g/mol. The van der Waals surface area contributed by atoms with Crippen LogP contribution in [0.25, 0.3) is 10.4 Å². The van der Waals surface area contributed by atoms with Gasteiger partial charge in [0, 0.05) is 5.57 Å². The fourth-order valence-electron chi connectivity index (χ4n) is 1.36. The lowest BCUT2D eigenvalue weighted by Gasteiger charge is -2.05. The first-order valence-electron chi connectivity index (χ1n) is 5.19. The molecule has 1 aromatic carbocycles. The highest BCUT2D eigenvalue weighted by Gasteiger charge is 2.12. The molecule has 0 spiro atoms. The van der Waals surface area contributed by atoms with E-state index in [2.05, 4.69) is 6.58 Å². The van der Waals surface area contributed by atoms with Crippen molar-refractivity contribution in [3.8, 4) is 16.2 Å². The highest BCUT2D eigenvalue weighted by atomic mass is 32.1. The van der Waals surface area contributed by atoms with Crippen molar-refractivity contribution in [1.82, 2.24) is 0 Å². The predicted octanol–water partition coefficient (Wildman–Crippen LogP) is 3.90. The Morgan fingerprint density at radius 2 is 1.94 bits per heavy atom. The fourth-order valence-corrected chi connectivity index (χ4v) is 2.19. The molecule has 0 aliphatic carbocycles. The van der Waals surface area contributed by atoms with Gasteiger partial charge in [-0.05, 0) is 23.9 Å². The highest BCUT2D eigenvalue weighted by molar-refractivity contribution is 7.14. The van der Waals surface area contributed by atoms with Crippen LogP contribution in [-0.4, -0.2) is 5.97 Å². The van der Waals surface area contributed by atoms with Gasteiger partial charge >= 0.3 is 5.97 Å². The summed E-state index contributed by atoms with van der Waals surface area (Å²) in [5.41, 5.74) is 1.45. The summed E-state index contributed by atoms with van der Waals surface area (Å²) in [6.07, 6.45) is 0. The lowest BCUT2D eigenvalue weighted by Crippen LogP contribution is -2.07. The quantitative estimate of drug-likeness (QED) is 0.604. The molecule has 0 atom stereocenters. The standard InChI is InChI=1S/C14H12O2S/c1-10(2)14(15)16-12-8-9-17-13(12)11-6-4-3-5-7-11/h3-9H,1H2,2H3. The molecule has 3 heteroatoms. The average Bonchev–Trinajstić information content (AvgIpc) is 2.78. The van der Waals surface area contributed by atoms with Gasteiger partial charge in [0.2, 0.25) is 0 Å². The molecule has 0 saturated carbocycles. The van der Waals surface area contributed by atoms with E-state index in [1.54, 1.807) is 24.3 Å². The topological polar surface area (TPSA) is 26.3 Å². The van der Waals surface area contributed by atoms with E-state index in [0.29, 0.717) is 11.3 Å². The van der Waals surface area contributed by atoms with Gasteiger partial charge in [-0.3, -0.25) is 0 Å². The van der Waals surface area contributed by atoms with Gasteiger partial charge in [-0.15, -0.1) is 11.3 Å². The van der Waals surface area contributed by atoms with Crippen molar-refractivity contribution in [2.45, 2.75) is 6.92 Å². The van der Waals surface area contributed by atoms with Crippen molar-refractivity contribution < 1.29 is 9.53 Å². The molecule has 1 aromatic heterocycles. The van der Waals surface area contributed by atoms with Crippen LogP contribution in [0, 0.1) is 0 Å². The van der Waals surface area contributed by atoms with Gasteiger partial charge in [-0.25, -0.2) is 4.79 Å². The van der Waals surface area contributed by atoms with E-state index in [4.69, 9.17) is 4.74 Å². The maximum atomic E-state index is 11.5.